The highest BCUT2D eigenvalue weighted by molar-refractivity contribution is 4.79. The lowest BCUT2D eigenvalue weighted by atomic mass is 10.2. The van der Waals surface area contributed by atoms with Crippen LogP contribution in [0.1, 0.15) is 20.8 Å². The smallest absolute Gasteiger partial charge is 0.0167 e. The molecule has 3 aliphatic rings. The molecule has 3 unspecified atom stereocenters. The molecule has 20 heavy (non-hydrogen) atoms. The van der Waals surface area contributed by atoms with Gasteiger partial charge in [0, 0.05) is 77.0 Å². The first-order chi connectivity index (χ1) is 9.63. The van der Waals surface area contributed by atoms with Crippen LogP contribution in [0.15, 0.2) is 0 Å². The maximum Gasteiger partial charge on any atom is 0.0167 e. The maximum absolute atomic E-state index is 3.68. The summed E-state index contributed by atoms with van der Waals surface area (Å²) in [5.74, 6) is 0. The molecule has 0 radical (unpaired) electrons. The topological polar surface area (TPSA) is 42.6 Å². The van der Waals surface area contributed by atoms with E-state index in [2.05, 4.69) is 46.5 Å². The summed E-state index contributed by atoms with van der Waals surface area (Å²) < 4.78 is 0. The molecular formula is C15H33N5. The third kappa shape index (κ3) is 5.66. The van der Waals surface area contributed by atoms with Gasteiger partial charge in [-0.1, -0.05) is 0 Å². The van der Waals surface area contributed by atoms with E-state index in [4.69, 9.17) is 0 Å². The van der Waals surface area contributed by atoms with Gasteiger partial charge in [0.2, 0.25) is 0 Å². The highest BCUT2D eigenvalue weighted by Gasteiger charge is 2.18. The van der Waals surface area contributed by atoms with E-state index in [0.717, 1.165) is 58.9 Å². The van der Waals surface area contributed by atoms with Crippen molar-refractivity contribution >= 4 is 0 Å². The molecule has 0 saturated carbocycles. The summed E-state index contributed by atoms with van der Waals surface area (Å²) in [7, 11) is 0. The van der Waals surface area contributed by atoms with Crippen LogP contribution in [0.3, 0.4) is 0 Å². The molecule has 0 aromatic carbocycles. The molecule has 0 aromatic rings. The van der Waals surface area contributed by atoms with Gasteiger partial charge >= 0.3 is 0 Å². The second-order valence-corrected chi connectivity index (χ2v) is 6.63. The minimum Gasteiger partial charge on any atom is -0.312 e. The van der Waals surface area contributed by atoms with E-state index in [1.807, 2.05) is 0 Å². The highest BCUT2D eigenvalue weighted by Crippen LogP contribution is 2.00. The van der Waals surface area contributed by atoms with E-state index in [9.17, 15) is 0 Å². The minimum absolute atomic E-state index is 0.570. The fourth-order valence-corrected chi connectivity index (χ4v) is 3.31. The van der Waals surface area contributed by atoms with Crippen LogP contribution in [-0.2, 0) is 0 Å². The molecule has 5 nitrogen and oxygen atoms in total. The molecule has 0 amide bonds. The predicted octanol–water partition coefficient (Wildman–Crippen LogP) is -0.448. The standard InChI is InChI=1S/C15H33N5/c1-13-10-19-7-4-16-14(2)11-20(9-6-18-13)12-15(3)17-5-8-19/h13-18H,4-12H2,1-3H3. The summed E-state index contributed by atoms with van der Waals surface area (Å²) in [6, 6.07) is 1.71. The molecule has 0 aromatic heterocycles. The first kappa shape index (κ1) is 16.2. The Bertz CT molecular complexity index is 255. The number of fused-ring (bicyclic) bond motifs is 12. The third-order valence-corrected chi connectivity index (χ3v) is 4.36. The van der Waals surface area contributed by atoms with Crippen LogP contribution in [0.5, 0.6) is 0 Å². The lowest BCUT2D eigenvalue weighted by Crippen LogP contribution is -2.53. The molecule has 2 bridgehead atoms. The molecule has 3 rings (SSSR count). The summed E-state index contributed by atoms with van der Waals surface area (Å²) in [5, 5.41) is 11.0. The Morgan fingerprint density at radius 1 is 0.600 bits per heavy atom. The van der Waals surface area contributed by atoms with Gasteiger partial charge < -0.3 is 16.0 Å². The zero-order valence-electron chi connectivity index (χ0n) is 13.5. The summed E-state index contributed by atoms with van der Waals surface area (Å²) in [6.07, 6.45) is 0. The largest absolute Gasteiger partial charge is 0.312 e. The zero-order valence-corrected chi connectivity index (χ0v) is 13.5. The van der Waals surface area contributed by atoms with Crippen LogP contribution in [0.4, 0.5) is 0 Å². The monoisotopic (exact) mass is 283 g/mol. The van der Waals surface area contributed by atoms with Crippen LogP contribution in [0, 0.1) is 0 Å². The minimum atomic E-state index is 0.570. The number of rotatable bonds is 0. The lowest BCUT2D eigenvalue weighted by Gasteiger charge is -2.34. The fraction of sp³-hybridized carbons (Fsp3) is 1.00. The number of nitrogens with one attached hydrogen (secondary N) is 3. The maximum atomic E-state index is 3.68. The molecule has 3 saturated heterocycles. The van der Waals surface area contributed by atoms with Crippen molar-refractivity contribution in [3.8, 4) is 0 Å². The molecule has 3 fully saturated rings. The summed E-state index contributed by atoms with van der Waals surface area (Å²) in [6.45, 7) is 17.1. The van der Waals surface area contributed by atoms with Gasteiger partial charge in [-0.25, -0.2) is 0 Å². The van der Waals surface area contributed by atoms with Gasteiger partial charge in [0.25, 0.3) is 0 Å². The Morgan fingerprint density at radius 2 is 0.950 bits per heavy atom. The third-order valence-electron chi connectivity index (χ3n) is 4.36. The molecule has 5 heteroatoms. The van der Waals surface area contributed by atoms with Crippen LogP contribution in [0.25, 0.3) is 0 Å². The van der Waals surface area contributed by atoms with E-state index < -0.39 is 0 Å². The Hall–Kier alpha value is -0.200. The van der Waals surface area contributed by atoms with Gasteiger partial charge in [-0.05, 0) is 20.8 Å². The Labute approximate surface area is 124 Å². The van der Waals surface area contributed by atoms with Crippen molar-refractivity contribution in [2.45, 2.75) is 38.9 Å². The highest BCUT2D eigenvalue weighted by atomic mass is 15.2. The number of nitrogens with zero attached hydrogens (tertiary/aromatic N) is 2. The Morgan fingerprint density at radius 3 is 1.40 bits per heavy atom. The van der Waals surface area contributed by atoms with E-state index in [1.165, 1.54) is 0 Å². The molecule has 118 valence electrons. The van der Waals surface area contributed by atoms with Crippen molar-refractivity contribution < 1.29 is 0 Å². The Kier molecular flexibility index (Phi) is 6.71. The SMILES string of the molecule is CC1CN2CCNC(C)CN(CCN1)CC(C)NCC2. The normalized spacial score (nSPS) is 41.9. The molecule has 3 atom stereocenters. The van der Waals surface area contributed by atoms with Crippen molar-refractivity contribution in [3.05, 3.63) is 0 Å². The van der Waals surface area contributed by atoms with Gasteiger partial charge in [0.05, 0.1) is 0 Å². The fourth-order valence-electron chi connectivity index (χ4n) is 3.31. The van der Waals surface area contributed by atoms with Gasteiger partial charge in [0.1, 0.15) is 0 Å². The molecular weight excluding hydrogens is 250 g/mol. The average molecular weight is 283 g/mol. The molecule has 3 aliphatic heterocycles. The van der Waals surface area contributed by atoms with Gasteiger partial charge in [-0.15, -0.1) is 0 Å². The number of hydrogen-bond donors (Lipinski definition) is 3. The van der Waals surface area contributed by atoms with Crippen LogP contribution in [0.2, 0.25) is 0 Å². The predicted molar refractivity (Wildman–Crippen MR) is 85.3 cm³/mol. The van der Waals surface area contributed by atoms with Gasteiger partial charge in [0.15, 0.2) is 0 Å². The lowest BCUT2D eigenvalue weighted by molar-refractivity contribution is 0.183. The summed E-state index contributed by atoms with van der Waals surface area (Å²) in [4.78, 5) is 5.17. The average Bonchev–Trinajstić information content (AvgIpc) is 2.35. The van der Waals surface area contributed by atoms with E-state index in [0.29, 0.717) is 18.1 Å². The summed E-state index contributed by atoms with van der Waals surface area (Å²) >= 11 is 0. The van der Waals surface area contributed by atoms with Crippen LogP contribution >= 0.6 is 0 Å². The first-order valence-corrected chi connectivity index (χ1v) is 8.28. The molecule has 0 aliphatic carbocycles. The van der Waals surface area contributed by atoms with Crippen molar-refractivity contribution in [1.82, 2.24) is 25.8 Å². The summed E-state index contributed by atoms with van der Waals surface area (Å²) in [5.41, 5.74) is 0. The zero-order chi connectivity index (χ0) is 14.4. The van der Waals surface area contributed by atoms with E-state index in [-0.39, 0.29) is 0 Å². The van der Waals surface area contributed by atoms with Crippen LogP contribution < -0.4 is 16.0 Å². The van der Waals surface area contributed by atoms with Crippen molar-refractivity contribution in [1.29, 1.82) is 0 Å². The first-order valence-electron chi connectivity index (χ1n) is 8.28. The van der Waals surface area contributed by atoms with Gasteiger partial charge in [-0.3, -0.25) is 9.80 Å². The Balaban J connectivity index is 2.06. The van der Waals surface area contributed by atoms with Crippen molar-refractivity contribution in [2.24, 2.45) is 0 Å². The van der Waals surface area contributed by atoms with E-state index >= 15 is 0 Å². The van der Waals surface area contributed by atoms with Gasteiger partial charge in [-0.2, -0.15) is 0 Å². The molecule has 3 N–H and O–H groups in total. The van der Waals surface area contributed by atoms with Crippen LogP contribution in [-0.4, -0.2) is 86.8 Å². The number of hydrogen-bond acceptors (Lipinski definition) is 5. The quantitative estimate of drug-likeness (QED) is 0.562. The molecule has 0 spiro atoms. The van der Waals surface area contributed by atoms with E-state index in [1.54, 1.807) is 0 Å². The van der Waals surface area contributed by atoms with Crippen molar-refractivity contribution in [2.75, 3.05) is 58.9 Å². The molecule has 3 heterocycles. The second-order valence-electron chi connectivity index (χ2n) is 6.63. The van der Waals surface area contributed by atoms with Crippen molar-refractivity contribution in [3.63, 3.8) is 0 Å². The second kappa shape index (κ2) is 8.29.